The Morgan fingerprint density at radius 3 is 2.43 bits per heavy atom. The molecule has 1 atom stereocenters. The zero-order chi connectivity index (χ0) is 14.3. The maximum atomic E-state index is 5.29. The van der Waals surface area contributed by atoms with Gasteiger partial charge in [-0.05, 0) is 42.2 Å². The number of fused-ring (bicyclic) bond motifs is 2. The van der Waals surface area contributed by atoms with Crippen LogP contribution in [-0.4, -0.2) is 7.11 Å². The number of hydrogen-bond donors (Lipinski definition) is 1. The maximum absolute atomic E-state index is 5.29. The molecular weight excluding hydrogens is 258 g/mol. The number of methoxy groups -OCH3 is 1. The van der Waals surface area contributed by atoms with Crippen LogP contribution < -0.4 is 10.1 Å². The molecule has 4 rings (SSSR count). The minimum absolute atomic E-state index is 0.283. The zero-order valence-electron chi connectivity index (χ0n) is 12.4. The van der Waals surface area contributed by atoms with Gasteiger partial charge in [0.25, 0.3) is 0 Å². The summed E-state index contributed by atoms with van der Waals surface area (Å²) in [7, 11) is 1.72. The first-order chi connectivity index (χ1) is 10.3. The van der Waals surface area contributed by atoms with Gasteiger partial charge >= 0.3 is 0 Å². The number of anilines is 1. The summed E-state index contributed by atoms with van der Waals surface area (Å²) in [5.74, 6) is 0.926. The minimum Gasteiger partial charge on any atom is -0.497 e. The van der Waals surface area contributed by atoms with Gasteiger partial charge in [0, 0.05) is 11.1 Å². The molecule has 0 unspecified atom stereocenters. The van der Waals surface area contributed by atoms with Crippen molar-refractivity contribution in [1.29, 1.82) is 0 Å². The largest absolute Gasteiger partial charge is 0.497 e. The third-order valence-corrected chi connectivity index (χ3v) is 5.26. The van der Waals surface area contributed by atoms with E-state index in [-0.39, 0.29) is 5.41 Å². The van der Waals surface area contributed by atoms with E-state index in [0.29, 0.717) is 6.04 Å². The van der Waals surface area contributed by atoms with Crippen molar-refractivity contribution in [3.8, 4) is 5.75 Å². The highest BCUT2D eigenvalue weighted by atomic mass is 16.5. The quantitative estimate of drug-likeness (QED) is 0.862. The molecule has 2 aromatic rings. The standard InChI is InChI=1S/C19H21NO/c1-21-15-10-8-14(9-11-15)18-19(12-4-5-13-19)16-6-2-3-7-17(16)20-18/h2-3,6-11,18,20H,4-5,12-13H2,1H3/t18-/m1/s1. The Balaban J connectivity index is 1.78. The maximum Gasteiger partial charge on any atom is 0.118 e. The van der Waals surface area contributed by atoms with Gasteiger partial charge < -0.3 is 10.1 Å². The first kappa shape index (κ1) is 12.8. The Morgan fingerprint density at radius 2 is 1.71 bits per heavy atom. The van der Waals surface area contributed by atoms with E-state index in [9.17, 15) is 0 Å². The van der Waals surface area contributed by atoms with Crippen molar-refractivity contribution in [1.82, 2.24) is 0 Å². The number of nitrogens with one attached hydrogen (secondary N) is 1. The molecular formula is C19H21NO. The van der Waals surface area contributed by atoms with Crippen LogP contribution in [0.25, 0.3) is 0 Å². The summed E-state index contributed by atoms with van der Waals surface area (Å²) < 4.78 is 5.29. The average Bonchev–Trinajstić information content (AvgIpc) is 3.15. The molecule has 108 valence electrons. The fourth-order valence-corrected chi connectivity index (χ4v) is 4.25. The van der Waals surface area contributed by atoms with Gasteiger partial charge in [0.05, 0.1) is 13.2 Å². The van der Waals surface area contributed by atoms with Crippen LogP contribution in [0.3, 0.4) is 0 Å². The molecule has 21 heavy (non-hydrogen) atoms. The van der Waals surface area contributed by atoms with E-state index >= 15 is 0 Å². The third kappa shape index (κ3) is 1.85. The molecule has 0 saturated heterocycles. The van der Waals surface area contributed by atoms with Crippen molar-refractivity contribution >= 4 is 5.69 Å². The summed E-state index contributed by atoms with van der Waals surface area (Å²) >= 11 is 0. The molecule has 0 amide bonds. The van der Waals surface area contributed by atoms with Crippen molar-refractivity contribution in [3.63, 3.8) is 0 Å². The van der Waals surface area contributed by atoms with Crippen LogP contribution in [0, 0.1) is 0 Å². The zero-order valence-corrected chi connectivity index (χ0v) is 12.4. The van der Waals surface area contributed by atoms with Crippen LogP contribution >= 0.6 is 0 Å². The van der Waals surface area contributed by atoms with Crippen LogP contribution in [0.2, 0.25) is 0 Å². The fraction of sp³-hybridized carbons (Fsp3) is 0.368. The Kier molecular flexibility index (Phi) is 2.91. The highest BCUT2D eigenvalue weighted by molar-refractivity contribution is 5.64. The lowest BCUT2D eigenvalue weighted by molar-refractivity contribution is 0.397. The van der Waals surface area contributed by atoms with E-state index < -0.39 is 0 Å². The molecule has 2 aliphatic rings. The second-order valence-electron chi connectivity index (χ2n) is 6.26. The smallest absolute Gasteiger partial charge is 0.118 e. The summed E-state index contributed by atoms with van der Waals surface area (Å²) in [6.07, 6.45) is 5.24. The van der Waals surface area contributed by atoms with Gasteiger partial charge in [0.15, 0.2) is 0 Å². The van der Waals surface area contributed by atoms with Gasteiger partial charge in [-0.2, -0.15) is 0 Å². The van der Waals surface area contributed by atoms with Crippen LogP contribution in [-0.2, 0) is 5.41 Å². The van der Waals surface area contributed by atoms with Gasteiger partial charge in [-0.1, -0.05) is 43.2 Å². The van der Waals surface area contributed by atoms with Crippen LogP contribution in [0.5, 0.6) is 5.75 Å². The lowest BCUT2D eigenvalue weighted by Crippen LogP contribution is -2.29. The lowest BCUT2D eigenvalue weighted by Gasteiger charge is -2.32. The molecule has 1 aliphatic carbocycles. The number of rotatable bonds is 2. The highest BCUT2D eigenvalue weighted by Gasteiger charge is 2.48. The van der Waals surface area contributed by atoms with Crippen molar-refractivity contribution in [2.24, 2.45) is 0 Å². The summed E-state index contributed by atoms with van der Waals surface area (Å²) in [6.45, 7) is 0. The van der Waals surface area contributed by atoms with Gasteiger partial charge in [-0.25, -0.2) is 0 Å². The molecule has 0 aromatic heterocycles. The van der Waals surface area contributed by atoms with Gasteiger partial charge in [-0.15, -0.1) is 0 Å². The number of benzene rings is 2. The van der Waals surface area contributed by atoms with Crippen LogP contribution in [0.15, 0.2) is 48.5 Å². The topological polar surface area (TPSA) is 21.3 Å². The molecule has 2 heteroatoms. The van der Waals surface area contributed by atoms with E-state index in [4.69, 9.17) is 4.74 Å². The number of ether oxygens (including phenoxy) is 1. The first-order valence-electron chi connectivity index (χ1n) is 7.83. The average molecular weight is 279 g/mol. The first-order valence-corrected chi connectivity index (χ1v) is 7.83. The molecule has 1 saturated carbocycles. The predicted octanol–water partition coefficient (Wildman–Crippen LogP) is 4.67. The Morgan fingerprint density at radius 1 is 1.00 bits per heavy atom. The molecule has 1 aliphatic heterocycles. The van der Waals surface area contributed by atoms with E-state index in [2.05, 4.69) is 53.8 Å². The van der Waals surface area contributed by atoms with Crippen molar-refractivity contribution in [2.45, 2.75) is 37.1 Å². The van der Waals surface area contributed by atoms with E-state index in [0.717, 1.165) is 5.75 Å². The molecule has 2 nitrogen and oxygen atoms in total. The molecule has 1 spiro atoms. The molecule has 0 radical (unpaired) electrons. The van der Waals surface area contributed by atoms with Gasteiger partial charge in [0.2, 0.25) is 0 Å². The van der Waals surface area contributed by atoms with E-state index in [1.165, 1.54) is 42.5 Å². The minimum atomic E-state index is 0.283. The SMILES string of the molecule is COc1ccc([C@H]2Nc3ccccc3C23CCCC3)cc1. The second-order valence-corrected chi connectivity index (χ2v) is 6.26. The van der Waals surface area contributed by atoms with Crippen molar-refractivity contribution in [2.75, 3.05) is 12.4 Å². The van der Waals surface area contributed by atoms with E-state index in [1.54, 1.807) is 7.11 Å². The monoisotopic (exact) mass is 279 g/mol. The summed E-state index contributed by atoms with van der Waals surface area (Å²) in [5.41, 5.74) is 4.49. The molecule has 1 N–H and O–H groups in total. The normalized spacial score (nSPS) is 22.0. The predicted molar refractivity (Wildman–Crippen MR) is 85.9 cm³/mol. The van der Waals surface area contributed by atoms with Crippen LogP contribution in [0.4, 0.5) is 5.69 Å². The van der Waals surface area contributed by atoms with Crippen molar-refractivity contribution < 1.29 is 4.74 Å². The Labute approximate surface area is 126 Å². The highest BCUT2D eigenvalue weighted by Crippen LogP contribution is 2.57. The van der Waals surface area contributed by atoms with Crippen molar-refractivity contribution in [3.05, 3.63) is 59.7 Å². The summed E-state index contributed by atoms with van der Waals surface area (Å²) in [5, 5.41) is 3.78. The van der Waals surface area contributed by atoms with Gasteiger partial charge in [0.1, 0.15) is 5.75 Å². The third-order valence-electron chi connectivity index (χ3n) is 5.26. The lowest BCUT2D eigenvalue weighted by atomic mass is 9.73. The molecule has 1 heterocycles. The fourth-order valence-electron chi connectivity index (χ4n) is 4.25. The molecule has 1 fully saturated rings. The molecule has 0 bridgehead atoms. The van der Waals surface area contributed by atoms with E-state index in [1.807, 2.05) is 0 Å². The van der Waals surface area contributed by atoms with Gasteiger partial charge in [-0.3, -0.25) is 0 Å². The number of para-hydroxylation sites is 1. The Bertz CT molecular complexity index is 641. The Hall–Kier alpha value is -1.96. The summed E-state index contributed by atoms with van der Waals surface area (Å²) in [4.78, 5) is 0. The second kappa shape index (κ2) is 4.80. The molecule has 2 aromatic carbocycles. The van der Waals surface area contributed by atoms with Crippen LogP contribution in [0.1, 0.15) is 42.9 Å². The number of hydrogen-bond acceptors (Lipinski definition) is 2. The summed E-state index contributed by atoms with van der Waals surface area (Å²) in [6, 6.07) is 17.8.